The minimum absolute atomic E-state index is 0.0755. The molecule has 0 radical (unpaired) electrons. The van der Waals surface area contributed by atoms with Crippen LogP contribution in [-0.2, 0) is 0 Å². The molecule has 0 bridgehead atoms. The van der Waals surface area contributed by atoms with Crippen molar-refractivity contribution in [2.24, 2.45) is 17.8 Å². The molecule has 0 saturated heterocycles. The van der Waals surface area contributed by atoms with Gasteiger partial charge in [-0.2, -0.15) is 0 Å². The van der Waals surface area contributed by atoms with Crippen molar-refractivity contribution in [1.29, 1.82) is 0 Å². The van der Waals surface area contributed by atoms with Crippen molar-refractivity contribution in [3.05, 3.63) is 67.2 Å². The van der Waals surface area contributed by atoms with Crippen molar-refractivity contribution >= 4 is 35.3 Å². The van der Waals surface area contributed by atoms with Gasteiger partial charge in [0.05, 0.1) is 2.84 Å². The van der Waals surface area contributed by atoms with E-state index >= 15 is 0 Å². The minimum Gasteiger partial charge on any atom is -0.0901 e. The third kappa shape index (κ3) is 6.54. The highest BCUT2D eigenvalue weighted by Crippen LogP contribution is 2.50. The Labute approximate surface area is 217 Å². The van der Waals surface area contributed by atoms with Gasteiger partial charge in [-0.15, -0.1) is 0 Å². The topological polar surface area (TPSA) is 0 Å². The van der Waals surface area contributed by atoms with Gasteiger partial charge in [0, 0.05) is 9.50 Å². The van der Waals surface area contributed by atoms with Crippen LogP contribution in [0.5, 0.6) is 0 Å². The Morgan fingerprint density at radius 1 is 1.06 bits per heavy atom. The first-order valence-corrected chi connectivity index (χ1v) is 16.5. The molecule has 0 nitrogen and oxygen atoms in total. The van der Waals surface area contributed by atoms with Crippen LogP contribution >= 0.6 is 32.5 Å². The summed E-state index contributed by atoms with van der Waals surface area (Å²) in [7, 11) is 0. The molecule has 180 valence electrons. The average Bonchev–Trinajstić information content (AvgIpc) is 3.43. The van der Waals surface area contributed by atoms with E-state index < -0.39 is 0 Å². The summed E-state index contributed by atoms with van der Waals surface area (Å²) in [5.74, 6) is 2.33. The monoisotopic (exact) mass is 574 g/mol. The van der Waals surface area contributed by atoms with Gasteiger partial charge in [-0.25, -0.2) is 0 Å². The van der Waals surface area contributed by atoms with E-state index in [1.54, 1.807) is 23.1 Å². The summed E-state index contributed by atoms with van der Waals surface area (Å²) in [4.78, 5) is 0. The number of unbranched alkanes of at least 4 members (excludes halogenated alkanes) is 3. The quantitative estimate of drug-likeness (QED) is 0.198. The van der Waals surface area contributed by atoms with Gasteiger partial charge in [-0.05, 0) is 60.6 Å². The second kappa shape index (κ2) is 12.4. The molecule has 2 aliphatic carbocycles. The number of rotatable bonds is 10. The van der Waals surface area contributed by atoms with E-state index in [9.17, 15) is 0 Å². The molecule has 1 fully saturated rings. The number of hydrogen-bond donors (Lipinski definition) is 0. The van der Waals surface area contributed by atoms with E-state index in [-0.39, 0.29) is 20.7 Å². The molecule has 1 heterocycles. The third-order valence-corrected chi connectivity index (χ3v) is 13.1. The maximum atomic E-state index is 2.68. The standard InChI is InChI=1S/C31H43IS/c1-5-6-7-9-14-23(3)27-20-29(28(24(27)4)19-25-15-10-8-11-16-25)30-21-33-31(32-30)26-17-12-13-22(2)18-26/h12-13,17-18,20-21,23,25,28H,5-11,14-16,19H2,1-4H3. The molecule has 0 aromatic heterocycles. The van der Waals surface area contributed by atoms with Crippen molar-refractivity contribution in [2.75, 3.05) is 0 Å². The molecule has 1 aromatic carbocycles. The third-order valence-electron chi connectivity index (χ3n) is 7.95. The molecular weight excluding hydrogens is 531 g/mol. The predicted molar refractivity (Wildman–Crippen MR) is 158 cm³/mol. The number of hydrogen-bond acceptors (Lipinski definition) is 1. The van der Waals surface area contributed by atoms with Crippen LogP contribution in [0.25, 0.3) is 0 Å². The minimum atomic E-state index is -0.0755. The van der Waals surface area contributed by atoms with Gasteiger partial charge in [0.15, 0.2) is 0 Å². The van der Waals surface area contributed by atoms with Crippen molar-refractivity contribution < 1.29 is 0 Å². The maximum absolute atomic E-state index is 2.68. The van der Waals surface area contributed by atoms with Crippen molar-refractivity contribution in [1.82, 2.24) is 0 Å². The summed E-state index contributed by atoms with van der Waals surface area (Å²) in [5.41, 5.74) is 7.98. The fourth-order valence-corrected chi connectivity index (χ4v) is 10.7. The maximum Gasteiger partial charge on any atom is 0.0525 e. The number of allylic oxidation sites excluding steroid dienone is 5. The van der Waals surface area contributed by atoms with Crippen molar-refractivity contribution in [2.45, 2.75) is 98.3 Å². The lowest BCUT2D eigenvalue weighted by molar-refractivity contribution is 0.318. The van der Waals surface area contributed by atoms with Gasteiger partial charge in [0.1, 0.15) is 0 Å². The molecule has 1 aliphatic heterocycles. The van der Waals surface area contributed by atoms with Crippen LogP contribution in [-0.4, -0.2) is 2.84 Å². The molecule has 0 spiro atoms. The van der Waals surface area contributed by atoms with E-state index in [0.29, 0.717) is 11.8 Å². The SMILES string of the molecule is CCCCCCC(C)C1=C(C)C(CC2CCCCC2)C(C2=CSC(c3cccc(C)c3)=I2)=C1. The highest BCUT2D eigenvalue weighted by Gasteiger charge is 2.32. The Morgan fingerprint density at radius 2 is 1.88 bits per heavy atom. The molecule has 33 heavy (non-hydrogen) atoms. The normalized spacial score (nSPS) is 22.7. The Kier molecular flexibility index (Phi) is 9.56. The molecule has 1 saturated carbocycles. The molecule has 2 unspecified atom stereocenters. The summed E-state index contributed by atoms with van der Waals surface area (Å²) < 4.78 is 3.35. The van der Waals surface area contributed by atoms with Crippen molar-refractivity contribution in [3.63, 3.8) is 0 Å². The second-order valence-corrected chi connectivity index (χ2v) is 15.0. The Balaban J connectivity index is 1.55. The van der Waals surface area contributed by atoms with Crippen molar-refractivity contribution in [3.8, 4) is 0 Å². The van der Waals surface area contributed by atoms with Crippen LogP contribution in [0.3, 0.4) is 0 Å². The number of thioether (sulfide) groups is 1. The van der Waals surface area contributed by atoms with Crippen LogP contribution < -0.4 is 0 Å². The summed E-state index contributed by atoms with van der Waals surface area (Å²) in [6.07, 6.45) is 18.2. The largest absolute Gasteiger partial charge is 0.0901 e. The number of aryl methyl sites for hydroxylation is 1. The lowest BCUT2D eigenvalue weighted by Crippen LogP contribution is -2.14. The molecule has 2 heteroatoms. The first-order valence-electron chi connectivity index (χ1n) is 13.4. The zero-order valence-corrected chi connectivity index (χ0v) is 24.2. The molecule has 4 rings (SSSR count). The molecular formula is C31H43IS. The van der Waals surface area contributed by atoms with Crippen LogP contribution in [0, 0.1) is 24.7 Å². The van der Waals surface area contributed by atoms with E-state index in [4.69, 9.17) is 0 Å². The summed E-state index contributed by atoms with van der Waals surface area (Å²) in [6.45, 7) is 9.52. The Hall–Kier alpha value is -0.610. The fraction of sp³-hybridized carbons (Fsp3) is 0.581. The average molecular weight is 575 g/mol. The fourth-order valence-electron chi connectivity index (χ4n) is 5.93. The Morgan fingerprint density at radius 3 is 2.64 bits per heavy atom. The molecule has 0 amide bonds. The highest BCUT2D eigenvalue weighted by atomic mass is 127. The predicted octanol–water partition coefficient (Wildman–Crippen LogP) is 10.5. The molecule has 2 atom stereocenters. The highest BCUT2D eigenvalue weighted by molar-refractivity contribution is 14.2. The van der Waals surface area contributed by atoms with E-state index in [2.05, 4.69) is 63.4 Å². The van der Waals surface area contributed by atoms with E-state index in [0.717, 1.165) is 5.92 Å². The van der Waals surface area contributed by atoms with Gasteiger partial charge < -0.3 is 0 Å². The molecule has 1 aromatic rings. The second-order valence-electron chi connectivity index (χ2n) is 10.6. The smallest absolute Gasteiger partial charge is 0.0525 e. The zero-order chi connectivity index (χ0) is 23.2. The summed E-state index contributed by atoms with van der Waals surface area (Å²) in [5, 5.41) is 2.53. The van der Waals surface area contributed by atoms with E-state index in [1.807, 2.05) is 11.8 Å². The lowest BCUT2D eigenvalue weighted by atomic mass is 9.79. The number of benzene rings is 1. The van der Waals surface area contributed by atoms with Gasteiger partial charge in [0.2, 0.25) is 0 Å². The van der Waals surface area contributed by atoms with Gasteiger partial charge >= 0.3 is 0 Å². The van der Waals surface area contributed by atoms with Crippen LogP contribution in [0.15, 0.2) is 56.0 Å². The summed E-state index contributed by atoms with van der Waals surface area (Å²) >= 11 is 1.95. The lowest BCUT2D eigenvalue weighted by Gasteiger charge is -2.27. The summed E-state index contributed by atoms with van der Waals surface area (Å²) in [6, 6.07) is 9.15. The van der Waals surface area contributed by atoms with E-state index in [1.165, 1.54) is 81.8 Å². The van der Waals surface area contributed by atoms with Gasteiger partial charge in [-0.1, -0.05) is 146 Å². The van der Waals surface area contributed by atoms with Gasteiger partial charge in [-0.3, -0.25) is 0 Å². The van der Waals surface area contributed by atoms with Gasteiger partial charge in [0.25, 0.3) is 0 Å². The molecule has 0 N–H and O–H groups in total. The zero-order valence-electron chi connectivity index (χ0n) is 21.3. The Bertz CT molecular complexity index is 941. The van der Waals surface area contributed by atoms with Crippen LogP contribution in [0.1, 0.15) is 103 Å². The van der Waals surface area contributed by atoms with Crippen LogP contribution in [0.2, 0.25) is 0 Å². The first kappa shape index (κ1) is 25.5. The molecule has 3 aliphatic rings. The first-order chi connectivity index (χ1) is 16.1. The number of halogens is 1. The van der Waals surface area contributed by atoms with Crippen LogP contribution in [0.4, 0.5) is 0 Å².